The Bertz CT molecular complexity index is 260. The van der Waals surface area contributed by atoms with Crippen LogP contribution in [0.2, 0.25) is 0 Å². The summed E-state index contributed by atoms with van der Waals surface area (Å²) in [6.07, 6.45) is 5.37. The van der Waals surface area contributed by atoms with Gasteiger partial charge in [-0.3, -0.25) is 4.79 Å². The van der Waals surface area contributed by atoms with Crippen molar-refractivity contribution in [2.24, 2.45) is 11.3 Å². The lowest BCUT2D eigenvalue weighted by atomic mass is 9.70. The molecule has 0 N–H and O–H groups in total. The molecule has 0 spiro atoms. The van der Waals surface area contributed by atoms with Crippen molar-refractivity contribution < 1.29 is 4.79 Å². The molecule has 1 nitrogen and oxygen atoms in total. The first-order valence-corrected chi connectivity index (χ1v) is 4.88. The van der Waals surface area contributed by atoms with Crippen LogP contribution < -0.4 is 0 Å². The first kappa shape index (κ1) is 10.2. The first-order valence-electron chi connectivity index (χ1n) is 4.88. The van der Waals surface area contributed by atoms with Crippen LogP contribution >= 0.6 is 0 Å². The van der Waals surface area contributed by atoms with Gasteiger partial charge in [0, 0.05) is 11.8 Å². The van der Waals surface area contributed by atoms with Crippen molar-refractivity contribution in [3.05, 3.63) is 24.3 Å². The molecule has 1 atom stereocenters. The average molecular weight is 178 g/mol. The van der Waals surface area contributed by atoms with Crippen LogP contribution in [-0.4, -0.2) is 5.78 Å². The molecule has 1 aliphatic rings. The Labute approximate surface area is 80.5 Å². The number of rotatable bonds is 2. The number of ketones is 1. The van der Waals surface area contributed by atoms with Crippen molar-refractivity contribution in [2.45, 2.75) is 33.6 Å². The third kappa shape index (κ3) is 1.90. The molecule has 0 aromatic rings. The molecule has 0 aromatic heterocycles. The number of allylic oxidation sites excluding steroid dienone is 3. The summed E-state index contributed by atoms with van der Waals surface area (Å²) in [4.78, 5) is 11.3. The summed E-state index contributed by atoms with van der Waals surface area (Å²) in [5.41, 5.74) is 1.28. The summed E-state index contributed by atoms with van der Waals surface area (Å²) in [5, 5.41) is 0. The van der Waals surface area contributed by atoms with E-state index in [1.165, 1.54) is 5.57 Å². The second-order valence-electron chi connectivity index (χ2n) is 4.34. The van der Waals surface area contributed by atoms with E-state index < -0.39 is 0 Å². The minimum atomic E-state index is 0.0437. The molecular weight excluding hydrogens is 160 g/mol. The highest BCUT2D eigenvalue weighted by Gasteiger charge is 2.31. The van der Waals surface area contributed by atoms with E-state index >= 15 is 0 Å². The van der Waals surface area contributed by atoms with Crippen molar-refractivity contribution in [1.29, 1.82) is 0 Å². The van der Waals surface area contributed by atoms with Crippen LogP contribution in [0, 0.1) is 11.3 Å². The zero-order chi connectivity index (χ0) is 10.1. The number of hydrogen-bond acceptors (Lipinski definition) is 1. The van der Waals surface area contributed by atoms with Gasteiger partial charge in [-0.2, -0.15) is 0 Å². The Hall–Kier alpha value is -0.850. The van der Waals surface area contributed by atoms with Crippen molar-refractivity contribution in [3.63, 3.8) is 0 Å². The van der Waals surface area contributed by atoms with Crippen molar-refractivity contribution in [3.8, 4) is 0 Å². The smallest absolute Gasteiger partial charge is 0.155 e. The van der Waals surface area contributed by atoms with Gasteiger partial charge in [0.25, 0.3) is 0 Å². The quantitative estimate of drug-likeness (QED) is 0.594. The zero-order valence-corrected chi connectivity index (χ0v) is 8.76. The van der Waals surface area contributed by atoms with Gasteiger partial charge in [0.2, 0.25) is 0 Å². The maximum Gasteiger partial charge on any atom is 0.155 e. The average Bonchev–Trinajstić information content (AvgIpc) is 2.09. The van der Waals surface area contributed by atoms with Crippen LogP contribution in [-0.2, 0) is 4.79 Å². The number of carbonyl (C=O) groups excluding carboxylic acids is 1. The van der Waals surface area contributed by atoms with E-state index in [1.54, 1.807) is 0 Å². The molecule has 0 fully saturated rings. The predicted octanol–water partition coefficient (Wildman–Crippen LogP) is 3.12. The van der Waals surface area contributed by atoms with Gasteiger partial charge in [0.1, 0.15) is 0 Å². The Kier molecular flexibility index (Phi) is 2.74. The molecule has 0 aliphatic heterocycles. The summed E-state index contributed by atoms with van der Waals surface area (Å²) in [5.74, 6) is 0.704. The largest absolute Gasteiger partial charge is 0.295 e. The van der Waals surface area contributed by atoms with Gasteiger partial charge in [0.05, 0.1) is 0 Å². The molecule has 1 aliphatic carbocycles. The Balaban J connectivity index is 3.06. The Morgan fingerprint density at radius 1 is 1.62 bits per heavy atom. The highest BCUT2D eigenvalue weighted by molar-refractivity contribution is 5.91. The summed E-state index contributed by atoms with van der Waals surface area (Å²) >= 11 is 0. The van der Waals surface area contributed by atoms with Gasteiger partial charge in [-0.1, -0.05) is 32.4 Å². The van der Waals surface area contributed by atoms with Gasteiger partial charge < -0.3 is 0 Å². The molecule has 0 amide bonds. The van der Waals surface area contributed by atoms with Crippen LogP contribution in [0.3, 0.4) is 0 Å². The minimum Gasteiger partial charge on any atom is -0.295 e. The molecule has 0 radical (unpaired) electrons. The van der Waals surface area contributed by atoms with E-state index in [-0.39, 0.29) is 11.2 Å². The fourth-order valence-corrected chi connectivity index (χ4v) is 1.98. The number of hydrogen-bond donors (Lipinski definition) is 0. The second-order valence-corrected chi connectivity index (χ2v) is 4.34. The highest BCUT2D eigenvalue weighted by Crippen LogP contribution is 2.40. The van der Waals surface area contributed by atoms with Crippen LogP contribution in [0.5, 0.6) is 0 Å². The van der Waals surface area contributed by atoms with E-state index in [9.17, 15) is 4.79 Å². The fourth-order valence-electron chi connectivity index (χ4n) is 1.98. The maximum atomic E-state index is 11.3. The van der Waals surface area contributed by atoms with E-state index in [1.807, 2.05) is 12.2 Å². The predicted molar refractivity (Wildman–Crippen MR) is 55.5 cm³/mol. The number of carbonyl (C=O) groups is 1. The standard InChI is InChI=1S/C12H18O/c1-5-12(4)7-6-10(13)8-11(12)9(2)3/h5,8-9H,1,6-7H2,2-4H3. The van der Waals surface area contributed by atoms with Crippen LogP contribution in [0.1, 0.15) is 33.6 Å². The normalized spacial score (nSPS) is 28.9. The fraction of sp³-hybridized carbons (Fsp3) is 0.583. The Morgan fingerprint density at radius 2 is 2.23 bits per heavy atom. The molecular formula is C12H18O. The minimum absolute atomic E-state index is 0.0437. The molecule has 13 heavy (non-hydrogen) atoms. The van der Waals surface area contributed by atoms with E-state index in [0.29, 0.717) is 12.3 Å². The lowest BCUT2D eigenvalue weighted by Gasteiger charge is -2.34. The van der Waals surface area contributed by atoms with Crippen LogP contribution in [0.4, 0.5) is 0 Å². The Morgan fingerprint density at radius 3 is 2.69 bits per heavy atom. The molecule has 1 unspecified atom stereocenters. The maximum absolute atomic E-state index is 11.3. The molecule has 0 saturated heterocycles. The van der Waals surface area contributed by atoms with Gasteiger partial charge in [-0.25, -0.2) is 0 Å². The van der Waals surface area contributed by atoms with Crippen molar-refractivity contribution >= 4 is 5.78 Å². The lowest BCUT2D eigenvalue weighted by molar-refractivity contribution is -0.115. The van der Waals surface area contributed by atoms with Gasteiger partial charge in [0.15, 0.2) is 5.78 Å². The molecule has 1 rings (SSSR count). The molecule has 0 aromatic carbocycles. The summed E-state index contributed by atoms with van der Waals surface area (Å²) < 4.78 is 0. The zero-order valence-electron chi connectivity index (χ0n) is 8.76. The third-order valence-electron chi connectivity index (χ3n) is 2.94. The van der Waals surface area contributed by atoms with Gasteiger partial charge in [-0.15, -0.1) is 6.58 Å². The van der Waals surface area contributed by atoms with E-state index in [0.717, 1.165) is 6.42 Å². The lowest BCUT2D eigenvalue weighted by Crippen LogP contribution is -2.25. The van der Waals surface area contributed by atoms with Crippen molar-refractivity contribution in [2.75, 3.05) is 0 Å². The molecule has 0 saturated carbocycles. The van der Waals surface area contributed by atoms with Gasteiger partial charge >= 0.3 is 0 Å². The van der Waals surface area contributed by atoms with E-state index in [4.69, 9.17) is 0 Å². The van der Waals surface area contributed by atoms with Crippen molar-refractivity contribution in [1.82, 2.24) is 0 Å². The molecule has 0 heterocycles. The summed E-state index contributed by atoms with van der Waals surface area (Å²) in [6, 6.07) is 0. The summed E-state index contributed by atoms with van der Waals surface area (Å²) in [6.45, 7) is 10.3. The summed E-state index contributed by atoms with van der Waals surface area (Å²) in [7, 11) is 0. The van der Waals surface area contributed by atoms with Gasteiger partial charge in [-0.05, 0) is 18.4 Å². The monoisotopic (exact) mass is 178 g/mol. The molecule has 1 heteroatoms. The molecule has 0 bridgehead atoms. The van der Waals surface area contributed by atoms with Crippen LogP contribution in [0.25, 0.3) is 0 Å². The highest BCUT2D eigenvalue weighted by atomic mass is 16.1. The van der Waals surface area contributed by atoms with E-state index in [2.05, 4.69) is 27.4 Å². The SMILES string of the molecule is C=CC1(C)CCC(=O)C=C1C(C)C. The van der Waals surface area contributed by atoms with Crippen LogP contribution in [0.15, 0.2) is 24.3 Å². The first-order chi connectivity index (χ1) is 5.99. The third-order valence-corrected chi connectivity index (χ3v) is 2.94. The molecule has 72 valence electrons. The second kappa shape index (κ2) is 3.49. The topological polar surface area (TPSA) is 17.1 Å².